The lowest BCUT2D eigenvalue weighted by Gasteiger charge is -2.40. The number of aryl methyl sites for hydroxylation is 1. The number of amidine groups is 1. The van der Waals surface area contributed by atoms with Gasteiger partial charge in [-0.3, -0.25) is 0 Å². The maximum absolute atomic E-state index is 9.03. The van der Waals surface area contributed by atoms with Crippen molar-refractivity contribution in [2.45, 2.75) is 76.3 Å². The monoisotopic (exact) mass is 404 g/mol. The molecule has 3 aliphatic rings. The number of nitrogens with zero attached hydrogens (tertiary/aromatic N) is 4. The van der Waals surface area contributed by atoms with Crippen LogP contribution >= 0.6 is 11.8 Å². The van der Waals surface area contributed by atoms with Crippen molar-refractivity contribution in [2.24, 2.45) is 4.99 Å². The van der Waals surface area contributed by atoms with Gasteiger partial charge in [0.2, 0.25) is 0 Å². The summed E-state index contributed by atoms with van der Waals surface area (Å²) in [6, 6.07) is 8.72. The minimum Gasteiger partial charge on any atom is -0.342 e. The second-order valence-electron chi connectivity index (χ2n) is 8.42. The van der Waals surface area contributed by atoms with Crippen molar-refractivity contribution in [3.63, 3.8) is 0 Å². The third-order valence-electron chi connectivity index (χ3n) is 6.65. The van der Waals surface area contributed by atoms with Gasteiger partial charge in [0.1, 0.15) is 0 Å². The van der Waals surface area contributed by atoms with Gasteiger partial charge in [0.05, 0.1) is 23.9 Å². The fourth-order valence-electron chi connectivity index (χ4n) is 5.19. The van der Waals surface area contributed by atoms with Gasteiger partial charge in [0.25, 0.3) is 5.70 Å². The van der Waals surface area contributed by atoms with Gasteiger partial charge in [-0.05, 0) is 55.4 Å². The summed E-state index contributed by atoms with van der Waals surface area (Å²) in [4.78, 5) is 11.2. The molecule has 1 aliphatic heterocycles. The Balaban J connectivity index is 1.68. The predicted molar refractivity (Wildman–Crippen MR) is 121 cm³/mol. The highest BCUT2D eigenvalue weighted by atomic mass is 32.2. The fraction of sp³-hybridized carbons (Fsp3) is 0.542. The van der Waals surface area contributed by atoms with Crippen LogP contribution in [0.25, 0.3) is 10.9 Å². The van der Waals surface area contributed by atoms with Crippen LogP contribution in [0.4, 0.5) is 5.69 Å². The van der Waals surface area contributed by atoms with Crippen molar-refractivity contribution < 1.29 is 0 Å². The Morgan fingerprint density at radius 1 is 1.34 bits per heavy atom. The molecule has 3 fully saturated rings. The number of benzene rings is 1. The third-order valence-corrected chi connectivity index (χ3v) is 7.88. The second kappa shape index (κ2) is 8.64. The molecule has 0 N–H and O–H groups in total. The summed E-state index contributed by atoms with van der Waals surface area (Å²) >= 11 is 1.95. The highest BCUT2D eigenvalue weighted by Gasteiger charge is 2.49. The topological polar surface area (TPSA) is 43.8 Å². The number of allylic oxidation sites excluding steroid dienone is 1. The molecule has 1 aromatic carbocycles. The van der Waals surface area contributed by atoms with Crippen LogP contribution in [0.15, 0.2) is 28.9 Å². The first-order chi connectivity index (χ1) is 14.2. The number of rotatable bonds is 4. The molecule has 0 bridgehead atoms. The largest absolute Gasteiger partial charge is 0.342 e. The van der Waals surface area contributed by atoms with E-state index in [9.17, 15) is 0 Å². The Morgan fingerprint density at radius 2 is 2.10 bits per heavy atom. The number of thioether (sulfide) groups is 1. The Hall–Kier alpha value is -2.24. The Bertz CT molecular complexity index is 890. The van der Waals surface area contributed by atoms with Crippen molar-refractivity contribution in [3.8, 4) is 6.07 Å². The SMILES string of the molecule is [C-]#[N+]/C(C#N)=C\c1ccc(N=C2SCC3(CCCC3)N2C2CCCC2)c(CC)c1. The molecule has 1 aromatic rings. The lowest BCUT2D eigenvalue weighted by Crippen LogP contribution is -2.50. The summed E-state index contributed by atoms with van der Waals surface area (Å²) in [5, 5.41) is 10.2. The Morgan fingerprint density at radius 3 is 2.76 bits per heavy atom. The normalized spacial score (nSPS) is 23.1. The molecule has 5 heteroatoms. The molecule has 0 atom stereocenters. The average molecular weight is 405 g/mol. The number of nitriles is 1. The molecule has 1 spiro atoms. The highest BCUT2D eigenvalue weighted by molar-refractivity contribution is 8.14. The number of hydrogen-bond acceptors (Lipinski definition) is 3. The molecule has 1 heterocycles. The Labute approximate surface area is 178 Å². The van der Waals surface area contributed by atoms with Gasteiger partial charge in [-0.2, -0.15) is 0 Å². The van der Waals surface area contributed by atoms with Gasteiger partial charge in [0, 0.05) is 11.8 Å². The van der Waals surface area contributed by atoms with E-state index in [4.69, 9.17) is 16.8 Å². The zero-order valence-corrected chi connectivity index (χ0v) is 18.0. The minimum atomic E-state index is 0.119. The molecule has 150 valence electrons. The molecular weight excluding hydrogens is 376 g/mol. The first kappa shape index (κ1) is 20.0. The standard InChI is InChI=1S/C24H28N4S/c1-3-19-14-18(15-20(16-25)26-2)10-11-22(19)27-23-28(21-8-4-5-9-21)24(17-29-23)12-6-7-13-24/h10-11,14-15,21H,3-9,12-13,17H2,1H3/b20-15-,27-23?. The summed E-state index contributed by atoms with van der Waals surface area (Å²) in [5.74, 6) is 1.18. The van der Waals surface area contributed by atoms with E-state index >= 15 is 0 Å². The smallest absolute Gasteiger partial charge is 0.262 e. The van der Waals surface area contributed by atoms with Crippen molar-refractivity contribution in [2.75, 3.05) is 5.75 Å². The molecule has 4 rings (SSSR count). The second-order valence-corrected chi connectivity index (χ2v) is 9.36. The number of hydrogen-bond donors (Lipinski definition) is 0. The zero-order valence-electron chi connectivity index (χ0n) is 17.2. The zero-order chi connectivity index (χ0) is 20.3. The summed E-state index contributed by atoms with van der Waals surface area (Å²) in [5.41, 5.74) is 3.56. The van der Waals surface area contributed by atoms with Crippen molar-refractivity contribution in [3.05, 3.63) is 46.4 Å². The third kappa shape index (κ3) is 3.94. The molecule has 0 unspecified atom stereocenters. The predicted octanol–water partition coefficient (Wildman–Crippen LogP) is 6.32. The Kier molecular flexibility index (Phi) is 5.97. The molecule has 2 aliphatic carbocycles. The molecule has 29 heavy (non-hydrogen) atoms. The van der Waals surface area contributed by atoms with Gasteiger partial charge in [-0.1, -0.05) is 56.5 Å². The van der Waals surface area contributed by atoms with Gasteiger partial charge in [-0.15, -0.1) is 0 Å². The highest BCUT2D eigenvalue weighted by Crippen LogP contribution is 2.48. The van der Waals surface area contributed by atoms with Crippen LogP contribution in [-0.4, -0.2) is 27.4 Å². The summed E-state index contributed by atoms with van der Waals surface area (Å²) in [7, 11) is 0. The van der Waals surface area contributed by atoms with Crippen molar-refractivity contribution in [1.82, 2.24) is 4.90 Å². The van der Waals surface area contributed by atoms with E-state index in [2.05, 4.69) is 28.8 Å². The summed E-state index contributed by atoms with van der Waals surface area (Å²) in [6.45, 7) is 9.23. The van der Waals surface area contributed by atoms with Crippen molar-refractivity contribution in [1.29, 1.82) is 5.26 Å². The molecule has 0 aromatic heterocycles. The van der Waals surface area contributed by atoms with Gasteiger partial charge in [-0.25, -0.2) is 15.1 Å². The van der Waals surface area contributed by atoms with E-state index < -0.39 is 0 Å². The van der Waals surface area contributed by atoms with E-state index in [1.165, 1.54) is 67.9 Å². The van der Waals surface area contributed by atoms with Crippen LogP contribution in [0.1, 0.15) is 69.4 Å². The quantitative estimate of drug-likeness (QED) is 0.435. The lowest BCUT2D eigenvalue weighted by atomic mass is 9.95. The molecular formula is C24H28N4S. The molecule has 4 nitrogen and oxygen atoms in total. The van der Waals surface area contributed by atoms with Crippen LogP contribution in [0.5, 0.6) is 0 Å². The summed E-state index contributed by atoms with van der Waals surface area (Å²) in [6.07, 6.45) is 13.2. The molecule has 0 radical (unpaired) electrons. The van der Waals surface area contributed by atoms with Crippen molar-refractivity contribution >= 4 is 28.7 Å². The van der Waals surface area contributed by atoms with Gasteiger partial charge < -0.3 is 4.90 Å². The maximum Gasteiger partial charge on any atom is 0.262 e. The van der Waals surface area contributed by atoms with Crippen LogP contribution in [-0.2, 0) is 6.42 Å². The first-order valence-corrected chi connectivity index (χ1v) is 11.8. The van der Waals surface area contributed by atoms with E-state index in [1.54, 1.807) is 6.08 Å². The van der Waals surface area contributed by atoms with Crippen LogP contribution in [0.2, 0.25) is 0 Å². The molecule has 1 saturated heterocycles. The van der Waals surface area contributed by atoms with Gasteiger partial charge >= 0.3 is 0 Å². The molecule has 2 saturated carbocycles. The average Bonchev–Trinajstić information content (AvgIpc) is 3.50. The van der Waals surface area contributed by atoms with Crippen LogP contribution in [0.3, 0.4) is 0 Å². The van der Waals surface area contributed by atoms with Crippen LogP contribution in [0, 0.1) is 17.9 Å². The molecule has 0 amide bonds. The van der Waals surface area contributed by atoms with E-state index in [1.807, 2.05) is 23.9 Å². The number of aliphatic imine (C=N–C) groups is 1. The van der Waals surface area contributed by atoms with E-state index in [0.29, 0.717) is 11.6 Å². The van der Waals surface area contributed by atoms with Gasteiger partial charge in [0.15, 0.2) is 5.17 Å². The van der Waals surface area contributed by atoms with Crippen LogP contribution < -0.4 is 0 Å². The minimum absolute atomic E-state index is 0.119. The maximum atomic E-state index is 9.03. The fourth-order valence-corrected chi connectivity index (χ4v) is 6.66. The first-order valence-electron chi connectivity index (χ1n) is 10.8. The summed E-state index contributed by atoms with van der Waals surface area (Å²) < 4.78 is 0. The lowest BCUT2D eigenvalue weighted by molar-refractivity contribution is 0.163. The van der Waals surface area contributed by atoms with E-state index in [-0.39, 0.29) is 5.70 Å². The van der Waals surface area contributed by atoms with E-state index in [0.717, 1.165) is 17.7 Å².